The van der Waals surface area contributed by atoms with Gasteiger partial charge in [0.25, 0.3) is 0 Å². The van der Waals surface area contributed by atoms with Gasteiger partial charge in [-0.15, -0.1) is 0 Å². The first kappa shape index (κ1) is 15.4. The van der Waals surface area contributed by atoms with Gasteiger partial charge in [0.15, 0.2) is 0 Å². The number of aromatic carboxylic acids is 1. The van der Waals surface area contributed by atoms with E-state index < -0.39 is 5.97 Å². The minimum absolute atomic E-state index is 0.0535. The van der Waals surface area contributed by atoms with Gasteiger partial charge >= 0.3 is 12.0 Å². The summed E-state index contributed by atoms with van der Waals surface area (Å²) in [5.74, 6) is -0.266. The standard InChI is InChI=1S/C14H17ClN2O4/c1-21-12-7-11(10(15)6-9(12)13(18)19)17-14(20)16-5-4-8-2-3-8/h6-8H,2-5H2,1H3,(H,18,19)(H2,16,17,20). The van der Waals surface area contributed by atoms with E-state index in [4.69, 9.17) is 21.4 Å². The molecular formula is C14H17ClN2O4. The first-order valence-corrected chi connectivity index (χ1v) is 7.04. The maximum Gasteiger partial charge on any atom is 0.339 e. The van der Waals surface area contributed by atoms with Crippen LogP contribution in [0.4, 0.5) is 10.5 Å². The molecule has 7 heteroatoms. The third-order valence-corrected chi connectivity index (χ3v) is 3.62. The Labute approximate surface area is 127 Å². The predicted octanol–water partition coefficient (Wildman–Crippen LogP) is 2.97. The summed E-state index contributed by atoms with van der Waals surface area (Å²) in [5.41, 5.74) is 0.254. The van der Waals surface area contributed by atoms with Crippen LogP contribution in [0.1, 0.15) is 29.6 Å². The van der Waals surface area contributed by atoms with Crippen LogP contribution in [0.2, 0.25) is 5.02 Å². The van der Waals surface area contributed by atoms with Crippen molar-refractivity contribution >= 4 is 29.3 Å². The van der Waals surface area contributed by atoms with Crippen molar-refractivity contribution in [2.24, 2.45) is 5.92 Å². The zero-order valence-electron chi connectivity index (χ0n) is 11.6. The van der Waals surface area contributed by atoms with Crippen molar-refractivity contribution in [1.29, 1.82) is 0 Å². The molecule has 1 aromatic carbocycles. The molecule has 0 saturated heterocycles. The summed E-state index contributed by atoms with van der Waals surface area (Å²) >= 11 is 5.98. The number of carboxylic acids is 1. The van der Waals surface area contributed by atoms with Gasteiger partial charge in [0.2, 0.25) is 0 Å². The second kappa shape index (κ2) is 6.67. The minimum Gasteiger partial charge on any atom is -0.496 e. The fourth-order valence-electron chi connectivity index (χ4n) is 1.95. The van der Waals surface area contributed by atoms with Crippen LogP contribution >= 0.6 is 11.6 Å². The number of nitrogens with one attached hydrogen (secondary N) is 2. The zero-order chi connectivity index (χ0) is 15.4. The summed E-state index contributed by atoms with van der Waals surface area (Å²) in [5, 5.41) is 14.5. The van der Waals surface area contributed by atoms with E-state index in [9.17, 15) is 9.59 Å². The molecule has 0 heterocycles. The van der Waals surface area contributed by atoms with E-state index >= 15 is 0 Å². The number of rotatable bonds is 6. The Hall–Kier alpha value is -1.95. The molecule has 0 unspecified atom stereocenters. The van der Waals surface area contributed by atoms with Crippen molar-refractivity contribution in [2.45, 2.75) is 19.3 Å². The van der Waals surface area contributed by atoms with Crippen molar-refractivity contribution in [3.63, 3.8) is 0 Å². The number of carboxylic acid groups (broad SMARTS) is 1. The SMILES string of the molecule is COc1cc(NC(=O)NCCC2CC2)c(Cl)cc1C(=O)O. The Balaban J connectivity index is 2.00. The Bertz CT molecular complexity index is 558. The Morgan fingerprint density at radius 1 is 1.43 bits per heavy atom. The second-order valence-electron chi connectivity index (χ2n) is 4.95. The first-order valence-electron chi connectivity index (χ1n) is 6.67. The number of carbonyl (C=O) groups is 2. The van der Waals surface area contributed by atoms with Gasteiger partial charge in [0.05, 0.1) is 17.8 Å². The van der Waals surface area contributed by atoms with Crippen LogP contribution in [0, 0.1) is 5.92 Å². The van der Waals surface area contributed by atoms with E-state index in [0.717, 1.165) is 12.3 Å². The molecule has 2 amide bonds. The largest absolute Gasteiger partial charge is 0.496 e. The van der Waals surface area contributed by atoms with E-state index in [-0.39, 0.29) is 22.4 Å². The van der Waals surface area contributed by atoms with Gasteiger partial charge in [0.1, 0.15) is 11.3 Å². The van der Waals surface area contributed by atoms with Crippen molar-refractivity contribution in [1.82, 2.24) is 5.32 Å². The number of urea groups is 1. The van der Waals surface area contributed by atoms with Crippen LogP contribution in [0.15, 0.2) is 12.1 Å². The Kier molecular flexibility index (Phi) is 4.90. The highest BCUT2D eigenvalue weighted by Gasteiger charge is 2.21. The van der Waals surface area contributed by atoms with E-state index in [1.807, 2.05) is 0 Å². The van der Waals surface area contributed by atoms with Gasteiger partial charge in [-0.25, -0.2) is 9.59 Å². The number of anilines is 1. The lowest BCUT2D eigenvalue weighted by Crippen LogP contribution is -2.29. The lowest BCUT2D eigenvalue weighted by molar-refractivity contribution is 0.0693. The van der Waals surface area contributed by atoms with E-state index in [1.165, 1.54) is 32.1 Å². The average Bonchev–Trinajstić information content (AvgIpc) is 3.24. The summed E-state index contributed by atoms with van der Waals surface area (Å²) in [6.07, 6.45) is 3.45. The minimum atomic E-state index is -1.14. The number of ether oxygens (including phenoxy) is 1. The molecule has 0 bridgehead atoms. The predicted molar refractivity (Wildman–Crippen MR) is 79.3 cm³/mol. The Morgan fingerprint density at radius 2 is 2.14 bits per heavy atom. The van der Waals surface area contributed by atoms with Crippen LogP contribution in [0.5, 0.6) is 5.75 Å². The molecular weight excluding hydrogens is 296 g/mol. The molecule has 114 valence electrons. The highest BCUT2D eigenvalue weighted by Crippen LogP contribution is 2.32. The summed E-state index contributed by atoms with van der Waals surface area (Å²) in [6, 6.07) is 2.28. The third-order valence-electron chi connectivity index (χ3n) is 3.30. The molecule has 1 aromatic rings. The number of hydrogen-bond donors (Lipinski definition) is 3. The smallest absolute Gasteiger partial charge is 0.339 e. The van der Waals surface area contributed by atoms with Crippen molar-refractivity contribution in [3.05, 3.63) is 22.7 Å². The number of amides is 2. The van der Waals surface area contributed by atoms with Crippen molar-refractivity contribution in [2.75, 3.05) is 19.0 Å². The molecule has 1 aliphatic rings. The molecule has 1 aliphatic carbocycles. The van der Waals surface area contributed by atoms with Gasteiger partial charge in [-0.1, -0.05) is 24.4 Å². The molecule has 3 N–H and O–H groups in total. The van der Waals surface area contributed by atoms with Crippen LogP contribution in [-0.2, 0) is 0 Å². The lowest BCUT2D eigenvalue weighted by Gasteiger charge is -2.12. The maximum absolute atomic E-state index is 11.7. The molecule has 0 atom stereocenters. The summed E-state index contributed by atoms with van der Waals surface area (Å²) in [6.45, 7) is 0.610. The molecule has 0 aliphatic heterocycles. The van der Waals surface area contributed by atoms with Crippen molar-refractivity contribution in [3.8, 4) is 5.75 Å². The quantitative estimate of drug-likeness (QED) is 0.753. The molecule has 1 fully saturated rings. The highest BCUT2D eigenvalue weighted by molar-refractivity contribution is 6.34. The van der Waals surface area contributed by atoms with Crippen molar-refractivity contribution < 1.29 is 19.4 Å². The molecule has 0 aromatic heterocycles. The number of benzene rings is 1. The Morgan fingerprint density at radius 3 is 2.71 bits per heavy atom. The van der Waals surface area contributed by atoms with Gasteiger partial charge in [-0.05, 0) is 18.4 Å². The van der Waals surface area contributed by atoms with Gasteiger partial charge in [-0.3, -0.25) is 0 Å². The van der Waals surface area contributed by atoms with Crippen LogP contribution in [0.25, 0.3) is 0 Å². The van der Waals surface area contributed by atoms with E-state index in [1.54, 1.807) is 0 Å². The summed E-state index contributed by atoms with van der Waals surface area (Å²) < 4.78 is 4.99. The molecule has 1 saturated carbocycles. The topological polar surface area (TPSA) is 87.7 Å². The lowest BCUT2D eigenvalue weighted by atomic mass is 10.2. The number of halogens is 1. The van der Waals surface area contributed by atoms with Crippen LogP contribution < -0.4 is 15.4 Å². The number of methoxy groups -OCH3 is 1. The van der Waals surface area contributed by atoms with Gasteiger partial charge in [-0.2, -0.15) is 0 Å². The maximum atomic E-state index is 11.7. The van der Waals surface area contributed by atoms with Crippen LogP contribution in [-0.4, -0.2) is 30.8 Å². The fraction of sp³-hybridized carbons (Fsp3) is 0.429. The highest BCUT2D eigenvalue weighted by atomic mass is 35.5. The molecule has 2 rings (SSSR count). The molecule has 0 spiro atoms. The molecule has 0 radical (unpaired) electrons. The number of hydrogen-bond acceptors (Lipinski definition) is 3. The average molecular weight is 313 g/mol. The fourth-order valence-corrected chi connectivity index (χ4v) is 2.16. The normalized spacial score (nSPS) is 13.6. The molecule has 21 heavy (non-hydrogen) atoms. The first-order chi connectivity index (χ1) is 10.0. The zero-order valence-corrected chi connectivity index (χ0v) is 12.4. The van der Waals surface area contributed by atoms with E-state index in [0.29, 0.717) is 12.2 Å². The monoisotopic (exact) mass is 312 g/mol. The summed E-state index contributed by atoms with van der Waals surface area (Å²) in [7, 11) is 1.36. The number of carbonyl (C=O) groups excluding carboxylic acids is 1. The molecule has 6 nitrogen and oxygen atoms in total. The van der Waals surface area contributed by atoms with Crippen LogP contribution in [0.3, 0.4) is 0 Å². The summed E-state index contributed by atoms with van der Waals surface area (Å²) in [4.78, 5) is 22.8. The van der Waals surface area contributed by atoms with Gasteiger partial charge < -0.3 is 20.5 Å². The van der Waals surface area contributed by atoms with Gasteiger partial charge in [0, 0.05) is 12.6 Å². The van der Waals surface area contributed by atoms with E-state index in [2.05, 4.69) is 10.6 Å². The third kappa shape index (κ3) is 4.26. The second-order valence-corrected chi connectivity index (χ2v) is 5.36.